The molecule has 3 rings (SSSR count). The second-order valence-electron chi connectivity index (χ2n) is 5.42. The Morgan fingerprint density at radius 3 is 2.73 bits per heavy atom. The highest BCUT2D eigenvalue weighted by molar-refractivity contribution is 5.95. The topological polar surface area (TPSA) is 50.4 Å². The minimum absolute atomic E-state index is 0.117. The van der Waals surface area contributed by atoms with Crippen LogP contribution in [-0.2, 0) is 22.5 Å². The number of benzene rings is 2. The average molecular weight is 296 g/mol. The summed E-state index contributed by atoms with van der Waals surface area (Å²) < 4.78 is 5.68. The number of fused-ring (bicyclic) bond motifs is 1. The van der Waals surface area contributed by atoms with Crippen molar-refractivity contribution in [1.82, 2.24) is 5.32 Å². The number of anilines is 1. The number of carbonyl (C=O) groups excluding carboxylic acids is 1. The predicted molar refractivity (Wildman–Crippen MR) is 86.7 cm³/mol. The number of hydrogen-bond donors (Lipinski definition) is 2. The van der Waals surface area contributed by atoms with Gasteiger partial charge in [0.05, 0.1) is 6.61 Å². The minimum Gasteiger partial charge on any atom is -0.363 e. The van der Waals surface area contributed by atoms with Crippen LogP contribution in [0.15, 0.2) is 48.5 Å². The number of hydrogen-bond acceptors (Lipinski definition) is 3. The van der Waals surface area contributed by atoms with Crippen LogP contribution in [-0.4, -0.2) is 19.6 Å². The van der Waals surface area contributed by atoms with E-state index in [2.05, 4.69) is 16.7 Å². The van der Waals surface area contributed by atoms with Gasteiger partial charge in [0, 0.05) is 12.2 Å². The van der Waals surface area contributed by atoms with Crippen molar-refractivity contribution in [2.24, 2.45) is 0 Å². The molecule has 2 N–H and O–H groups in total. The number of amides is 1. The molecular weight excluding hydrogens is 276 g/mol. The molecule has 1 aliphatic heterocycles. The molecule has 1 unspecified atom stereocenters. The molecule has 4 heteroatoms. The Morgan fingerprint density at radius 1 is 1.18 bits per heavy atom. The fraction of sp³-hybridized carbons (Fsp3) is 0.278. The average Bonchev–Trinajstić information content (AvgIpc) is 2.56. The molecule has 0 spiro atoms. The third-order valence-electron chi connectivity index (χ3n) is 3.83. The molecule has 2 aromatic rings. The van der Waals surface area contributed by atoms with Gasteiger partial charge in [0.25, 0.3) is 5.91 Å². The molecule has 0 radical (unpaired) electrons. The normalized spacial score (nSPS) is 16.9. The summed E-state index contributed by atoms with van der Waals surface area (Å²) in [5.41, 5.74) is 4.13. The van der Waals surface area contributed by atoms with Gasteiger partial charge in [0.2, 0.25) is 0 Å². The molecule has 1 aliphatic rings. The summed E-state index contributed by atoms with van der Waals surface area (Å²) in [6.45, 7) is 1.39. The Hall–Kier alpha value is -2.17. The zero-order valence-corrected chi connectivity index (χ0v) is 12.6. The Morgan fingerprint density at radius 2 is 1.95 bits per heavy atom. The van der Waals surface area contributed by atoms with Gasteiger partial charge in [0.15, 0.2) is 6.10 Å². The van der Waals surface area contributed by atoms with Crippen molar-refractivity contribution in [1.29, 1.82) is 0 Å². The van der Waals surface area contributed by atoms with E-state index in [0.29, 0.717) is 6.61 Å². The summed E-state index contributed by atoms with van der Waals surface area (Å²) in [7, 11) is 1.91. The molecule has 1 heterocycles. The van der Waals surface area contributed by atoms with Crippen LogP contribution in [0.1, 0.15) is 22.8 Å². The lowest BCUT2D eigenvalue weighted by atomic mass is 9.97. The van der Waals surface area contributed by atoms with E-state index in [0.717, 1.165) is 24.2 Å². The lowest BCUT2D eigenvalue weighted by Crippen LogP contribution is -2.28. The SMILES string of the molecule is CNCc1ccc(NC(=O)C2OCCc3ccccc32)cc1. The highest BCUT2D eigenvalue weighted by Crippen LogP contribution is 2.28. The van der Waals surface area contributed by atoms with Crippen molar-refractivity contribution >= 4 is 11.6 Å². The largest absolute Gasteiger partial charge is 0.363 e. The number of ether oxygens (including phenoxy) is 1. The highest BCUT2D eigenvalue weighted by Gasteiger charge is 2.27. The number of carbonyl (C=O) groups is 1. The summed E-state index contributed by atoms with van der Waals surface area (Å²) >= 11 is 0. The Kier molecular flexibility index (Phi) is 4.51. The first kappa shape index (κ1) is 14.8. The summed E-state index contributed by atoms with van der Waals surface area (Å²) in [5.74, 6) is -0.117. The monoisotopic (exact) mass is 296 g/mol. The van der Waals surface area contributed by atoms with E-state index >= 15 is 0 Å². The fourth-order valence-electron chi connectivity index (χ4n) is 2.73. The second kappa shape index (κ2) is 6.73. The highest BCUT2D eigenvalue weighted by atomic mass is 16.5. The predicted octanol–water partition coefficient (Wildman–Crippen LogP) is 2.66. The van der Waals surface area contributed by atoms with Crippen LogP contribution >= 0.6 is 0 Å². The van der Waals surface area contributed by atoms with Gasteiger partial charge in [-0.15, -0.1) is 0 Å². The van der Waals surface area contributed by atoms with Crippen molar-refractivity contribution in [2.75, 3.05) is 19.0 Å². The Bertz CT molecular complexity index is 652. The fourth-order valence-corrected chi connectivity index (χ4v) is 2.73. The molecule has 22 heavy (non-hydrogen) atoms. The maximum absolute atomic E-state index is 12.5. The third-order valence-corrected chi connectivity index (χ3v) is 3.83. The molecule has 1 amide bonds. The molecule has 0 bridgehead atoms. The standard InChI is InChI=1S/C18H20N2O2/c1-19-12-13-6-8-15(9-7-13)20-18(21)17-16-5-3-2-4-14(16)10-11-22-17/h2-9,17,19H,10-12H2,1H3,(H,20,21). The van der Waals surface area contributed by atoms with Crippen LogP contribution in [0.5, 0.6) is 0 Å². The number of rotatable bonds is 4. The molecule has 114 valence electrons. The van der Waals surface area contributed by atoms with Crippen LogP contribution in [0, 0.1) is 0 Å². The van der Waals surface area contributed by atoms with Crippen molar-refractivity contribution in [3.8, 4) is 0 Å². The van der Waals surface area contributed by atoms with E-state index in [-0.39, 0.29) is 5.91 Å². The molecular formula is C18H20N2O2. The summed E-state index contributed by atoms with van der Waals surface area (Å²) in [6, 6.07) is 15.8. The molecule has 1 atom stereocenters. The minimum atomic E-state index is -0.526. The van der Waals surface area contributed by atoms with Crippen LogP contribution < -0.4 is 10.6 Å². The smallest absolute Gasteiger partial charge is 0.258 e. The zero-order chi connectivity index (χ0) is 15.4. The Balaban J connectivity index is 1.72. The quantitative estimate of drug-likeness (QED) is 0.912. The van der Waals surface area contributed by atoms with Crippen LogP contribution in [0.2, 0.25) is 0 Å². The molecule has 0 saturated heterocycles. The van der Waals surface area contributed by atoms with Crippen molar-refractivity contribution < 1.29 is 9.53 Å². The van der Waals surface area contributed by atoms with Gasteiger partial charge in [-0.3, -0.25) is 4.79 Å². The van der Waals surface area contributed by atoms with E-state index in [9.17, 15) is 4.79 Å². The maximum atomic E-state index is 12.5. The molecule has 0 fully saturated rings. The van der Waals surface area contributed by atoms with Crippen LogP contribution in [0.3, 0.4) is 0 Å². The zero-order valence-electron chi connectivity index (χ0n) is 12.6. The van der Waals surface area contributed by atoms with E-state index in [1.165, 1.54) is 11.1 Å². The summed E-state index contributed by atoms with van der Waals surface area (Å²) in [6.07, 6.45) is 0.334. The lowest BCUT2D eigenvalue weighted by Gasteiger charge is -2.25. The molecule has 4 nitrogen and oxygen atoms in total. The first-order valence-corrected chi connectivity index (χ1v) is 7.52. The van der Waals surface area contributed by atoms with E-state index < -0.39 is 6.10 Å². The molecule has 2 aromatic carbocycles. The molecule has 0 saturated carbocycles. The summed E-state index contributed by atoms with van der Waals surface area (Å²) in [4.78, 5) is 12.5. The van der Waals surface area contributed by atoms with E-state index in [1.807, 2.05) is 49.5 Å². The molecule has 0 aromatic heterocycles. The summed E-state index contributed by atoms with van der Waals surface area (Å²) in [5, 5.41) is 6.04. The van der Waals surface area contributed by atoms with Crippen molar-refractivity contribution in [3.63, 3.8) is 0 Å². The van der Waals surface area contributed by atoms with Crippen molar-refractivity contribution in [3.05, 3.63) is 65.2 Å². The second-order valence-corrected chi connectivity index (χ2v) is 5.42. The van der Waals surface area contributed by atoms with Gasteiger partial charge in [-0.2, -0.15) is 0 Å². The molecule has 0 aliphatic carbocycles. The van der Waals surface area contributed by atoms with E-state index in [4.69, 9.17) is 4.74 Å². The van der Waals surface area contributed by atoms with Crippen LogP contribution in [0.4, 0.5) is 5.69 Å². The number of nitrogens with one attached hydrogen (secondary N) is 2. The third kappa shape index (κ3) is 3.18. The van der Waals surface area contributed by atoms with Gasteiger partial charge in [-0.05, 0) is 42.3 Å². The van der Waals surface area contributed by atoms with E-state index in [1.54, 1.807) is 0 Å². The lowest BCUT2D eigenvalue weighted by molar-refractivity contribution is -0.128. The van der Waals surface area contributed by atoms with Crippen molar-refractivity contribution in [2.45, 2.75) is 19.1 Å². The first-order chi connectivity index (χ1) is 10.8. The van der Waals surface area contributed by atoms with Gasteiger partial charge < -0.3 is 15.4 Å². The Labute approximate surface area is 130 Å². The first-order valence-electron chi connectivity index (χ1n) is 7.52. The van der Waals surface area contributed by atoms with Gasteiger partial charge >= 0.3 is 0 Å². The van der Waals surface area contributed by atoms with Gasteiger partial charge in [-0.1, -0.05) is 36.4 Å². The van der Waals surface area contributed by atoms with Gasteiger partial charge in [0.1, 0.15) is 0 Å². The maximum Gasteiger partial charge on any atom is 0.258 e. The van der Waals surface area contributed by atoms with Gasteiger partial charge in [-0.25, -0.2) is 0 Å². The van der Waals surface area contributed by atoms with Crippen LogP contribution in [0.25, 0.3) is 0 Å².